The second kappa shape index (κ2) is 34.0. The van der Waals surface area contributed by atoms with Gasteiger partial charge in [0.25, 0.3) is 0 Å². The summed E-state index contributed by atoms with van der Waals surface area (Å²) in [6, 6.07) is 17.4. The molecule has 564 valence electrons. The molecule has 29 atom stereocenters. The zero-order chi connectivity index (χ0) is 72.7. The van der Waals surface area contributed by atoms with Crippen LogP contribution in [0.5, 0.6) is 0 Å². The van der Waals surface area contributed by atoms with Crippen molar-refractivity contribution in [2.24, 2.45) is 44.0 Å². The van der Waals surface area contributed by atoms with E-state index >= 15 is 4.79 Å². The molecule has 15 N–H and O–H groups in total. The summed E-state index contributed by atoms with van der Waals surface area (Å²) in [4.78, 5) is 48.1. The van der Waals surface area contributed by atoms with Crippen molar-refractivity contribution < 1.29 is 148 Å². The predicted molar refractivity (Wildman–Crippen MR) is 344 cm³/mol. The Labute approximate surface area is 582 Å². The molecule has 4 heterocycles. The summed E-state index contributed by atoms with van der Waals surface area (Å²) in [6.07, 6.45) is -32.4. The second-order valence-electron chi connectivity index (χ2n) is 28.4. The third-order valence-corrected chi connectivity index (χ3v) is 22.2. The monoisotopic (exact) mass is 1430 g/mol. The fourth-order valence-electron chi connectivity index (χ4n) is 16.8. The van der Waals surface area contributed by atoms with Crippen molar-refractivity contribution in [3.05, 3.63) is 83.9 Å². The lowest BCUT2D eigenvalue weighted by atomic mass is 9.41. The standard InChI is InChI=1S/C69H98N2O30/c1-35-21-68-19-15-47-66(2,17-10-18-67(47,3)63(87)101-62-59(55(84)52(81)45(28-76)98-62)100-61-57(86)54(83)51(80)44(27-75)97-61)48(68)16-20-69(35,34-68)93-33-46-58(99-60-56(85)53(82)50(79)43(26-74)96-60)39(49(78)42(25-73)95-46)32-90-31-38(22-70-64(88)91-29-36-11-6-4-7-12-36)94-41(24-72)40(77)23-71-65(89)92-30-37-13-8-5-9-14-37/h4-9,11-14,22-23,38-62,72-86H,1,10,15-21,24-34H2,2-3H3/t38-,39-,40+,41?,42?,43?,44?,45?,46+,47?,48+,49+,50-,51-,52-,53-,54-,55-,56?,57?,58?,59?,60+,61+,62+,66-,67-,68-,69+/m1/s1. The number of esters is 1. The van der Waals surface area contributed by atoms with Crippen LogP contribution in [-0.4, -0.2) is 300 Å². The van der Waals surface area contributed by atoms with E-state index in [1.54, 1.807) is 60.7 Å². The molecule has 2 bridgehead atoms. The zero-order valence-electron chi connectivity index (χ0n) is 56.2. The Balaban J connectivity index is 0.856. The first-order valence-electron chi connectivity index (χ1n) is 34.3. The molecule has 101 heavy (non-hydrogen) atoms. The molecule has 8 aliphatic rings. The number of aliphatic hydroxyl groups is 15. The van der Waals surface area contributed by atoms with Crippen LogP contribution < -0.4 is 0 Å². The Bertz CT molecular complexity index is 3100. The van der Waals surface area contributed by atoms with Crippen molar-refractivity contribution in [3.8, 4) is 0 Å². The van der Waals surface area contributed by atoms with E-state index in [2.05, 4.69) is 23.5 Å². The molecule has 10 rings (SSSR count). The van der Waals surface area contributed by atoms with Crippen LogP contribution in [0.1, 0.15) is 82.8 Å². The fraction of sp³-hybridized carbons (Fsp3) is 0.725. The van der Waals surface area contributed by atoms with Crippen LogP contribution in [0, 0.1) is 34.0 Å². The average Bonchev–Trinajstić information content (AvgIpc) is 1.64. The van der Waals surface area contributed by atoms with E-state index in [0.29, 0.717) is 62.5 Å². The number of aliphatic imine (C=N–C) groups is 2. The number of carbonyl (C=O) groups is 3. The van der Waals surface area contributed by atoms with Crippen LogP contribution in [0.4, 0.5) is 9.59 Å². The Kier molecular flexibility index (Phi) is 26.5. The van der Waals surface area contributed by atoms with Gasteiger partial charge in [-0.05, 0) is 97.7 Å². The van der Waals surface area contributed by atoms with E-state index in [9.17, 15) is 86.2 Å². The maximum atomic E-state index is 15.0. The van der Waals surface area contributed by atoms with Crippen LogP contribution in [0.25, 0.3) is 0 Å². The van der Waals surface area contributed by atoms with Crippen molar-refractivity contribution in [2.45, 2.75) is 225 Å². The molecule has 32 heteroatoms. The van der Waals surface area contributed by atoms with Gasteiger partial charge in [0, 0.05) is 18.3 Å². The van der Waals surface area contributed by atoms with Gasteiger partial charge in [-0.1, -0.05) is 80.6 Å². The topological polar surface area (TPSA) is 490 Å². The van der Waals surface area contributed by atoms with E-state index in [1.165, 1.54) is 0 Å². The zero-order valence-corrected chi connectivity index (χ0v) is 56.2. The highest BCUT2D eigenvalue weighted by molar-refractivity contribution is 5.82. The van der Waals surface area contributed by atoms with Gasteiger partial charge in [-0.2, -0.15) is 9.98 Å². The predicted octanol–water partition coefficient (Wildman–Crippen LogP) is -1.88. The van der Waals surface area contributed by atoms with Gasteiger partial charge in [-0.25, -0.2) is 9.59 Å². The Morgan fingerprint density at radius 3 is 1.68 bits per heavy atom. The van der Waals surface area contributed by atoms with Crippen molar-refractivity contribution in [2.75, 3.05) is 52.9 Å². The largest absolute Gasteiger partial charge is 0.443 e. The van der Waals surface area contributed by atoms with Crippen LogP contribution in [0.2, 0.25) is 0 Å². The highest BCUT2D eigenvalue weighted by Crippen LogP contribution is 2.73. The molecule has 0 radical (unpaired) electrons. The van der Waals surface area contributed by atoms with Crippen molar-refractivity contribution in [3.63, 3.8) is 0 Å². The minimum Gasteiger partial charge on any atom is -0.443 e. The number of benzene rings is 2. The fourth-order valence-corrected chi connectivity index (χ4v) is 16.8. The summed E-state index contributed by atoms with van der Waals surface area (Å²) in [5.74, 6) is -2.31. The van der Waals surface area contributed by atoms with Crippen LogP contribution in [0.3, 0.4) is 0 Å². The van der Waals surface area contributed by atoms with Gasteiger partial charge in [0.2, 0.25) is 6.29 Å². The maximum Gasteiger partial charge on any atom is 0.433 e. The lowest BCUT2D eigenvalue weighted by Crippen LogP contribution is -2.65. The van der Waals surface area contributed by atoms with Gasteiger partial charge in [0.1, 0.15) is 111 Å². The van der Waals surface area contributed by atoms with Crippen LogP contribution in [-0.2, 0) is 74.9 Å². The quantitative estimate of drug-likeness (QED) is 0.0201. The third-order valence-electron chi connectivity index (χ3n) is 22.2. The summed E-state index contributed by atoms with van der Waals surface area (Å²) in [7, 11) is 0. The number of hydrogen-bond donors (Lipinski definition) is 15. The van der Waals surface area contributed by atoms with Crippen LogP contribution >= 0.6 is 0 Å². The normalized spacial score (nSPS) is 41.1. The number of amides is 2. The van der Waals surface area contributed by atoms with Gasteiger partial charge in [-0.15, -0.1) is 0 Å². The van der Waals surface area contributed by atoms with E-state index in [-0.39, 0.29) is 31.7 Å². The minimum atomic E-state index is -1.95. The maximum absolute atomic E-state index is 15.0. The molecule has 4 saturated carbocycles. The Morgan fingerprint density at radius 1 is 0.594 bits per heavy atom. The molecular weight excluding hydrogens is 1340 g/mol. The molecule has 1 spiro atoms. The number of hydrogen-bond acceptors (Lipinski definition) is 30. The summed E-state index contributed by atoms with van der Waals surface area (Å²) in [5.41, 5.74) is -1.02. The second-order valence-corrected chi connectivity index (χ2v) is 28.4. The first-order valence-corrected chi connectivity index (χ1v) is 34.3. The molecule has 8 fully saturated rings. The first kappa shape index (κ1) is 78.6. The highest BCUT2D eigenvalue weighted by atomic mass is 16.8. The minimum absolute atomic E-state index is 0.0134. The van der Waals surface area contributed by atoms with Gasteiger partial charge in [-0.3, -0.25) is 4.79 Å². The molecule has 4 saturated heterocycles. The molecule has 10 unspecified atom stereocenters. The molecule has 2 aromatic carbocycles. The van der Waals surface area contributed by atoms with E-state index in [4.69, 9.17) is 56.8 Å². The number of carbonyl (C=O) groups excluding carboxylic acids is 3. The summed E-state index contributed by atoms with van der Waals surface area (Å²) < 4.78 is 72.0. The third kappa shape index (κ3) is 17.0. The van der Waals surface area contributed by atoms with E-state index in [1.807, 2.05) is 6.92 Å². The van der Waals surface area contributed by atoms with Crippen molar-refractivity contribution >= 4 is 30.6 Å². The summed E-state index contributed by atoms with van der Waals surface area (Å²) in [6.45, 7) is 2.85. The smallest absolute Gasteiger partial charge is 0.433 e. The number of ether oxygens (including phenoxy) is 12. The average molecular weight is 1440 g/mol. The number of nitrogens with zero attached hydrogens (tertiary/aromatic N) is 2. The SMILES string of the molecule is C=C1C[C@@]23CCC4[C@](C)(C(=O)O[C@@H]5OC(CO)[C@@H](O)[C@@H](O)C5O[C@@H]5OC(CO)[C@@H](O)[C@@H](O)C5O)CCC[C@@]4(C)[C@@H]2CC[C@]1(OC[C@@H]1OC(CO)[C@@H](O)[C@@H](COC[C@@H](C=NC(=O)OCc2ccccc2)OC(CO)[C@@H](O)C=NC(=O)OCc2ccccc2)C1O[C@@H]1OC(CO)[C@@H](O)[C@@H](O)C1O)C3. The Morgan fingerprint density at radius 2 is 1.12 bits per heavy atom. The molecular formula is C69H98N2O30. The van der Waals surface area contributed by atoms with Crippen molar-refractivity contribution in [1.29, 1.82) is 0 Å². The van der Waals surface area contributed by atoms with Crippen LogP contribution in [0.15, 0.2) is 82.8 Å². The number of fused-ring (bicyclic) bond motifs is 3. The van der Waals surface area contributed by atoms with Crippen molar-refractivity contribution in [1.82, 2.24) is 0 Å². The van der Waals surface area contributed by atoms with E-state index < -0.39 is 227 Å². The molecule has 2 amide bonds. The number of aliphatic hydroxyl groups excluding tert-OH is 15. The van der Waals surface area contributed by atoms with Gasteiger partial charge < -0.3 is 133 Å². The highest BCUT2D eigenvalue weighted by Gasteiger charge is 2.69. The van der Waals surface area contributed by atoms with Gasteiger partial charge in [0.15, 0.2) is 18.7 Å². The Hall–Kier alpha value is -5.03. The lowest BCUT2D eigenvalue weighted by Gasteiger charge is -2.64. The molecule has 0 aromatic heterocycles. The molecule has 2 aromatic rings. The van der Waals surface area contributed by atoms with Gasteiger partial charge in [0.05, 0.1) is 76.1 Å². The van der Waals surface area contributed by atoms with E-state index in [0.717, 1.165) is 24.4 Å². The molecule has 32 nitrogen and oxygen atoms in total. The lowest BCUT2D eigenvalue weighted by molar-refractivity contribution is -0.363. The molecule has 4 aliphatic carbocycles. The first-order chi connectivity index (χ1) is 48.3. The summed E-state index contributed by atoms with van der Waals surface area (Å²) >= 11 is 0. The number of rotatable bonds is 27. The summed E-state index contributed by atoms with van der Waals surface area (Å²) in [5, 5.41) is 162. The molecule has 4 aliphatic heterocycles. The van der Waals surface area contributed by atoms with Gasteiger partial charge >= 0.3 is 18.2 Å².